The predicted molar refractivity (Wildman–Crippen MR) is 96.0 cm³/mol. The van der Waals surface area contributed by atoms with Crippen LogP contribution in [0.25, 0.3) is 0 Å². The molecule has 0 atom stereocenters. The van der Waals surface area contributed by atoms with E-state index in [0.717, 1.165) is 24.0 Å². The third-order valence-corrected chi connectivity index (χ3v) is 5.47. The maximum Gasteiger partial charge on any atom is 0.277 e. The van der Waals surface area contributed by atoms with Gasteiger partial charge in [0.25, 0.3) is 5.56 Å². The van der Waals surface area contributed by atoms with E-state index in [1.54, 1.807) is 0 Å². The van der Waals surface area contributed by atoms with Gasteiger partial charge in [0.05, 0.1) is 0 Å². The lowest BCUT2D eigenvalue weighted by molar-refractivity contribution is 0.103. The summed E-state index contributed by atoms with van der Waals surface area (Å²) >= 11 is 0. The number of benzene rings is 1. The minimum Gasteiger partial charge on any atom is -0.302 e. The third kappa shape index (κ3) is 2.45. The van der Waals surface area contributed by atoms with E-state index in [9.17, 15) is 9.59 Å². The van der Waals surface area contributed by atoms with E-state index in [1.807, 2.05) is 19.9 Å². The van der Waals surface area contributed by atoms with Crippen LogP contribution in [0.1, 0.15) is 71.8 Å². The summed E-state index contributed by atoms with van der Waals surface area (Å²) in [5.74, 6) is -0.173. The van der Waals surface area contributed by atoms with E-state index >= 15 is 0 Å². The summed E-state index contributed by atoms with van der Waals surface area (Å²) in [6.45, 7) is 11.0. The number of nitrogens with zero attached hydrogens (tertiary/aromatic N) is 1. The Hall–Kier alpha value is -2.10. The van der Waals surface area contributed by atoms with Crippen LogP contribution in [-0.4, -0.2) is 15.6 Å². The number of aromatic amines is 1. The van der Waals surface area contributed by atoms with Crippen LogP contribution in [0.15, 0.2) is 17.1 Å². The number of aryl methyl sites for hydroxylation is 2. The summed E-state index contributed by atoms with van der Waals surface area (Å²) in [6.07, 6.45) is 4.93. The molecule has 0 saturated heterocycles. The molecule has 1 aromatic carbocycles. The van der Waals surface area contributed by atoms with Crippen LogP contribution in [-0.2, 0) is 18.4 Å². The van der Waals surface area contributed by atoms with Crippen molar-refractivity contribution in [1.29, 1.82) is 0 Å². The van der Waals surface area contributed by atoms with Gasteiger partial charge in [-0.15, -0.1) is 0 Å². The molecule has 1 aliphatic carbocycles. The lowest BCUT2D eigenvalue weighted by atomic mass is 9.68. The Balaban J connectivity index is 2.19. The van der Waals surface area contributed by atoms with Crippen molar-refractivity contribution in [2.75, 3.05) is 0 Å². The molecule has 0 amide bonds. The van der Waals surface area contributed by atoms with Gasteiger partial charge < -0.3 is 5.10 Å². The Morgan fingerprint density at radius 3 is 2.62 bits per heavy atom. The monoisotopic (exact) mass is 326 g/mol. The average Bonchev–Trinajstić information content (AvgIpc) is 2.90. The largest absolute Gasteiger partial charge is 0.302 e. The van der Waals surface area contributed by atoms with E-state index in [1.165, 1.54) is 28.4 Å². The SMILES string of the molecule is CCn1[nH]cc(C(=O)c2cc(C)c3c(c2C)C(C)(C)CCC3)c1=O. The second-order valence-electron chi connectivity index (χ2n) is 7.52. The highest BCUT2D eigenvalue weighted by Gasteiger charge is 2.32. The molecule has 128 valence electrons. The third-order valence-electron chi connectivity index (χ3n) is 5.47. The quantitative estimate of drug-likeness (QED) is 0.875. The lowest BCUT2D eigenvalue weighted by Gasteiger charge is -2.36. The summed E-state index contributed by atoms with van der Waals surface area (Å²) in [5.41, 5.74) is 5.63. The number of nitrogens with one attached hydrogen (secondary N) is 1. The zero-order valence-electron chi connectivity index (χ0n) is 15.2. The normalized spacial score (nSPS) is 16.0. The summed E-state index contributed by atoms with van der Waals surface area (Å²) in [7, 11) is 0. The van der Waals surface area contributed by atoms with Gasteiger partial charge in [-0.3, -0.25) is 14.3 Å². The number of fused-ring (bicyclic) bond motifs is 1. The molecular formula is C20H26N2O2. The van der Waals surface area contributed by atoms with Gasteiger partial charge in [-0.25, -0.2) is 0 Å². The fourth-order valence-electron chi connectivity index (χ4n) is 4.23. The molecule has 1 aromatic heterocycles. The molecule has 0 bridgehead atoms. The summed E-state index contributed by atoms with van der Waals surface area (Å²) in [5, 5.41) is 2.87. The molecule has 1 N–H and O–H groups in total. The summed E-state index contributed by atoms with van der Waals surface area (Å²) in [4.78, 5) is 25.4. The number of carbonyl (C=O) groups excluding carboxylic acids is 1. The van der Waals surface area contributed by atoms with Crippen molar-refractivity contribution < 1.29 is 4.79 Å². The first-order valence-electron chi connectivity index (χ1n) is 8.74. The summed E-state index contributed by atoms with van der Waals surface area (Å²) in [6, 6.07) is 1.97. The average molecular weight is 326 g/mol. The Kier molecular flexibility index (Phi) is 4.02. The van der Waals surface area contributed by atoms with Gasteiger partial charge in [0.15, 0.2) is 5.78 Å². The maximum absolute atomic E-state index is 13.0. The van der Waals surface area contributed by atoms with Crippen LogP contribution in [0.3, 0.4) is 0 Å². The zero-order chi connectivity index (χ0) is 17.6. The number of hydrogen-bond donors (Lipinski definition) is 1. The van der Waals surface area contributed by atoms with Gasteiger partial charge in [-0.2, -0.15) is 0 Å². The highest BCUT2D eigenvalue weighted by atomic mass is 16.2. The Bertz CT molecular complexity index is 868. The van der Waals surface area contributed by atoms with Gasteiger partial charge in [0, 0.05) is 18.3 Å². The number of ketones is 1. The van der Waals surface area contributed by atoms with Gasteiger partial charge in [0.1, 0.15) is 5.56 Å². The number of H-pyrrole nitrogens is 1. The molecular weight excluding hydrogens is 300 g/mol. The van der Waals surface area contributed by atoms with E-state index in [-0.39, 0.29) is 22.3 Å². The highest BCUT2D eigenvalue weighted by Crippen LogP contribution is 2.41. The van der Waals surface area contributed by atoms with E-state index < -0.39 is 0 Å². The molecule has 4 nitrogen and oxygen atoms in total. The van der Waals surface area contributed by atoms with Crippen molar-refractivity contribution in [1.82, 2.24) is 9.78 Å². The molecule has 0 fully saturated rings. The van der Waals surface area contributed by atoms with E-state index in [4.69, 9.17) is 0 Å². The molecule has 1 aliphatic rings. The van der Waals surface area contributed by atoms with E-state index in [2.05, 4.69) is 25.9 Å². The fraction of sp³-hybridized carbons (Fsp3) is 0.500. The smallest absolute Gasteiger partial charge is 0.277 e. The molecule has 3 rings (SSSR count). The van der Waals surface area contributed by atoms with Crippen LogP contribution in [0, 0.1) is 13.8 Å². The van der Waals surface area contributed by atoms with Gasteiger partial charge in [-0.05, 0) is 73.8 Å². The van der Waals surface area contributed by atoms with Crippen LogP contribution < -0.4 is 5.56 Å². The predicted octanol–water partition coefficient (Wildman–Crippen LogP) is 3.66. The van der Waals surface area contributed by atoms with Crippen molar-refractivity contribution >= 4 is 5.78 Å². The van der Waals surface area contributed by atoms with Crippen molar-refractivity contribution in [2.45, 2.75) is 65.8 Å². The number of carbonyl (C=O) groups is 1. The molecule has 0 unspecified atom stereocenters. The van der Waals surface area contributed by atoms with Crippen LogP contribution in [0.2, 0.25) is 0 Å². The summed E-state index contributed by atoms with van der Waals surface area (Å²) < 4.78 is 1.46. The molecule has 4 heteroatoms. The van der Waals surface area contributed by atoms with E-state index in [0.29, 0.717) is 12.1 Å². The van der Waals surface area contributed by atoms with Crippen molar-refractivity contribution in [2.24, 2.45) is 0 Å². The maximum atomic E-state index is 13.0. The highest BCUT2D eigenvalue weighted by molar-refractivity contribution is 6.10. The van der Waals surface area contributed by atoms with Gasteiger partial charge in [-0.1, -0.05) is 13.8 Å². The lowest BCUT2D eigenvalue weighted by Crippen LogP contribution is -2.28. The Labute approximate surface area is 142 Å². The topological polar surface area (TPSA) is 54.9 Å². The first-order valence-corrected chi connectivity index (χ1v) is 8.74. The fourth-order valence-corrected chi connectivity index (χ4v) is 4.23. The second-order valence-corrected chi connectivity index (χ2v) is 7.52. The second kappa shape index (κ2) is 5.76. The first-order chi connectivity index (χ1) is 11.3. The Morgan fingerprint density at radius 1 is 1.29 bits per heavy atom. The number of aromatic nitrogens is 2. The molecule has 0 radical (unpaired) electrons. The zero-order valence-corrected chi connectivity index (χ0v) is 15.2. The van der Waals surface area contributed by atoms with Gasteiger partial charge in [0.2, 0.25) is 0 Å². The van der Waals surface area contributed by atoms with Crippen LogP contribution in [0.4, 0.5) is 0 Å². The van der Waals surface area contributed by atoms with Crippen LogP contribution >= 0.6 is 0 Å². The molecule has 24 heavy (non-hydrogen) atoms. The van der Waals surface area contributed by atoms with Crippen molar-refractivity contribution in [3.63, 3.8) is 0 Å². The molecule has 1 heterocycles. The van der Waals surface area contributed by atoms with Gasteiger partial charge >= 0.3 is 0 Å². The Morgan fingerprint density at radius 2 is 2.00 bits per heavy atom. The number of hydrogen-bond acceptors (Lipinski definition) is 2. The molecule has 0 spiro atoms. The minimum atomic E-state index is -0.239. The van der Waals surface area contributed by atoms with Crippen LogP contribution in [0.5, 0.6) is 0 Å². The standard InChI is InChI=1S/C20H26N2O2/c1-6-22-19(24)16(11-21-22)18(23)15-10-12(2)14-8-7-9-20(4,5)17(14)13(15)3/h10-11,21H,6-9H2,1-5H3. The molecule has 2 aromatic rings. The molecule has 0 aliphatic heterocycles. The minimum absolute atomic E-state index is 0.0699. The first kappa shape index (κ1) is 16.7. The number of rotatable bonds is 3. The van der Waals surface area contributed by atoms with Crippen molar-refractivity contribution in [3.05, 3.63) is 56.0 Å². The van der Waals surface area contributed by atoms with Crippen molar-refractivity contribution in [3.8, 4) is 0 Å². The molecule has 0 saturated carbocycles.